The van der Waals surface area contributed by atoms with Crippen LogP contribution in [-0.2, 0) is 20.9 Å². The number of carbonyl (C=O) groups is 2. The van der Waals surface area contributed by atoms with Crippen LogP contribution in [0.15, 0.2) is 30.6 Å². The molecular formula is C24H33N7O3. The van der Waals surface area contributed by atoms with E-state index in [-0.39, 0.29) is 36.6 Å². The third-order valence-electron chi connectivity index (χ3n) is 5.70. The van der Waals surface area contributed by atoms with Gasteiger partial charge in [0.2, 0.25) is 11.8 Å². The number of ether oxygens (including phenoxy) is 1. The Morgan fingerprint density at radius 3 is 2.59 bits per heavy atom. The van der Waals surface area contributed by atoms with Crippen LogP contribution in [0.1, 0.15) is 56.2 Å². The number of rotatable bonds is 7. The quantitative estimate of drug-likeness (QED) is 0.390. The molecule has 1 unspecified atom stereocenters. The van der Waals surface area contributed by atoms with Gasteiger partial charge in [-0.1, -0.05) is 51.0 Å². The number of benzene rings is 1. The number of nitrogens with one attached hydrogen (secondary N) is 4. The predicted molar refractivity (Wildman–Crippen MR) is 131 cm³/mol. The van der Waals surface area contributed by atoms with Crippen LogP contribution in [-0.4, -0.2) is 52.8 Å². The van der Waals surface area contributed by atoms with Crippen molar-refractivity contribution in [2.75, 3.05) is 24.3 Å². The number of aromatic nitrogens is 2. The van der Waals surface area contributed by atoms with Gasteiger partial charge < -0.3 is 26.4 Å². The molecule has 1 aromatic carbocycles. The van der Waals surface area contributed by atoms with Crippen molar-refractivity contribution < 1.29 is 14.3 Å². The highest BCUT2D eigenvalue weighted by molar-refractivity contribution is 6.16. The topological polar surface area (TPSA) is 155 Å². The van der Waals surface area contributed by atoms with E-state index in [2.05, 4.69) is 25.9 Å². The minimum atomic E-state index is -0.685. The van der Waals surface area contributed by atoms with Crippen molar-refractivity contribution in [1.82, 2.24) is 20.6 Å². The molecule has 0 radical (unpaired) electrons. The number of hydrogen-bond acceptors (Lipinski definition) is 8. The zero-order valence-electron chi connectivity index (χ0n) is 19.7. The Kier molecular flexibility index (Phi) is 8.92. The van der Waals surface area contributed by atoms with Crippen LogP contribution in [0.25, 0.3) is 0 Å². The summed E-state index contributed by atoms with van der Waals surface area (Å²) in [6, 6.07) is 6.94. The van der Waals surface area contributed by atoms with Gasteiger partial charge >= 0.3 is 0 Å². The van der Waals surface area contributed by atoms with Crippen LogP contribution in [0.2, 0.25) is 0 Å². The Morgan fingerprint density at radius 1 is 1.21 bits per heavy atom. The van der Waals surface area contributed by atoms with Crippen LogP contribution in [0.3, 0.4) is 0 Å². The Labute approximate surface area is 199 Å². The van der Waals surface area contributed by atoms with E-state index < -0.39 is 6.04 Å². The summed E-state index contributed by atoms with van der Waals surface area (Å²) >= 11 is 0. The number of amides is 2. The summed E-state index contributed by atoms with van der Waals surface area (Å²) < 4.78 is 5.09. The van der Waals surface area contributed by atoms with Crippen molar-refractivity contribution in [3.63, 3.8) is 0 Å². The standard InChI is InChI=1S/C22H27N7O3.C2H6/c23-19(18-20(24)26-12-27-21(18)28-15-3-1-2-4-15)14-7-5-13(6-8-14)9-25-22(31)16-10-32-11-17(30)29-16;1-2/h5-8,12,15-16,23H,1-4,9-11H2,(H,25,31)(H,29,30)(H3,24,26,27,28);1-2H3. The summed E-state index contributed by atoms with van der Waals surface area (Å²) in [5, 5.41) is 17.5. The number of nitrogen functional groups attached to an aromatic ring is 1. The van der Waals surface area contributed by atoms with Gasteiger partial charge in [-0.2, -0.15) is 0 Å². The molecule has 182 valence electrons. The number of carbonyl (C=O) groups excluding carboxylic acids is 2. The molecule has 2 aromatic rings. The Balaban J connectivity index is 0.00000158. The summed E-state index contributed by atoms with van der Waals surface area (Å²) in [7, 11) is 0. The molecule has 2 fully saturated rings. The van der Waals surface area contributed by atoms with E-state index in [1.807, 2.05) is 26.0 Å². The zero-order valence-corrected chi connectivity index (χ0v) is 19.7. The lowest BCUT2D eigenvalue weighted by Crippen LogP contribution is -2.53. The number of anilines is 2. The molecule has 1 aromatic heterocycles. The maximum atomic E-state index is 12.2. The average Bonchev–Trinajstić information content (AvgIpc) is 3.37. The fourth-order valence-electron chi connectivity index (χ4n) is 3.95. The smallest absolute Gasteiger partial charge is 0.246 e. The zero-order chi connectivity index (χ0) is 24.5. The molecule has 10 heteroatoms. The second kappa shape index (κ2) is 12.1. The number of morpholine rings is 1. The van der Waals surface area contributed by atoms with E-state index in [0.717, 1.165) is 18.4 Å². The van der Waals surface area contributed by atoms with Gasteiger partial charge in [0.05, 0.1) is 17.9 Å². The van der Waals surface area contributed by atoms with Crippen molar-refractivity contribution in [1.29, 1.82) is 5.41 Å². The summed E-state index contributed by atoms with van der Waals surface area (Å²) in [6.45, 7) is 4.43. The highest BCUT2D eigenvalue weighted by Gasteiger charge is 2.25. The molecular weight excluding hydrogens is 434 g/mol. The van der Waals surface area contributed by atoms with Gasteiger partial charge in [0.15, 0.2) is 0 Å². The van der Waals surface area contributed by atoms with Gasteiger partial charge in [0, 0.05) is 18.2 Å². The van der Waals surface area contributed by atoms with Crippen molar-refractivity contribution in [3.05, 3.63) is 47.3 Å². The van der Waals surface area contributed by atoms with Crippen molar-refractivity contribution in [2.45, 2.75) is 58.2 Å². The van der Waals surface area contributed by atoms with Crippen LogP contribution in [0.4, 0.5) is 11.6 Å². The lowest BCUT2D eigenvalue weighted by molar-refractivity contribution is -0.138. The van der Waals surface area contributed by atoms with Gasteiger partial charge in [0.1, 0.15) is 30.6 Å². The Hall–Kier alpha value is -3.53. The third kappa shape index (κ3) is 6.28. The lowest BCUT2D eigenvalue weighted by atomic mass is 10.0. The molecule has 1 saturated carbocycles. The van der Waals surface area contributed by atoms with E-state index in [1.54, 1.807) is 12.1 Å². The fraction of sp³-hybridized carbons (Fsp3) is 0.458. The molecule has 2 amide bonds. The highest BCUT2D eigenvalue weighted by atomic mass is 16.5. The molecule has 2 heterocycles. The first-order valence-electron chi connectivity index (χ1n) is 11.7. The lowest BCUT2D eigenvalue weighted by Gasteiger charge is -2.22. The van der Waals surface area contributed by atoms with Crippen LogP contribution >= 0.6 is 0 Å². The first-order chi connectivity index (χ1) is 16.5. The van der Waals surface area contributed by atoms with E-state index >= 15 is 0 Å². The number of nitrogens with zero attached hydrogens (tertiary/aromatic N) is 2. The van der Waals surface area contributed by atoms with Gasteiger partial charge in [0.25, 0.3) is 0 Å². The number of hydrogen-bond donors (Lipinski definition) is 5. The van der Waals surface area contributed by atoms with E-state index in [9.17, 15) is 9.59 Å². The first-order valence-corrected chi connectivity index (χ1v) is 11.7. The minimum Gasteiger partial charge on any atom is -0.383 e. The number of nitrogens with two attached hydrogens (primary N) is 1. The van der Waals surface area contributed by atoms with Gasteiger partial charge in [-0.25, -0.2) is 9.97 Å². The molecule has 1 aliphatic heterocycles. The van der Waals surface area contributed by atoms with Crippen molar-refractivity contribution in [2.24, 2.45) is 0 Å². The summed E-state index contributed by atoms with van der Waals surface area (Å²) in [5.74, 6) is 0.248. The molecule has 1 saturated heterocycles. The van der Waals surface area contributed by atoms with Crippen molar-refractivity contribution >= 4 is 29.2 Å². The van der Waals surface area contributed by atoms with E-state index in [1.165, 1.54) is 19.2 Å². The van der Waals surface area contributed by atoms with E-state index in [0.29, 0.717) is 29.5 Å². The Bertz CT molecular complexity index is 1000. The van der Waals surface area contributed by atoms with Gasteiger partial charge in [-0.3, -0.25) is 15.0 Å². The molecule has 0 bridgehead atoms. The maximum absolute atomic E-state index is 12.2. The average molecular weight is 468 g/mol. The minimum absolute atomic E-state index is 0.0218. The molecule has 34 heavy (non-hydrogen) atoms. The SMILES string of the molecule is CC.N=C(c1ccc(CNC(=O)C2COCC(=O)N2)cc1)c1c(N)ncnc1NC1CCCC1. The Morgan fingerprint density at radius 2 is 1.91 bits per heavy atom. The molecule has 1 aliphatic carbocycles. The van der Waals surface area contributed by atoms with Crippen LogP contribution < -0.4 is 21.7 Å². The van der Waals surface area contributed by atoms with Crippen LogP contribution in [0, 0.1) is 5.41 Å². The van der Waals surface area contributed by atoms with Gasteiger partial charge in [-0.05, 0) is 18.4 Å². The molecule has 0 spiro atoms. The predicted octanol–water partition coefficient (Wildman–Crippen LogP) is 1.99. The monoisotopic (exact) mass is 467 g/mol. The molecule has 6 N–H and O–H groups in total. The highest BCUT2D eigenvalue weighted by Crippen LogP contribution is 2.26. The largest absolute Gasteiger partial charge is 0.383 e. The van der Waals surface area contributed by atoms with Gasteiger partial charge in [-0.15, -0.1) is 0 Å². The fourth-order valence-corrected chi connectivity index (χ4v) is 3.95. The molecule has 10 nitrogen and oxygen atoms in total. The van der Waals surface area contributed by atoms with Crippen molar-refractivity contribution in [3.8, 4) is 0 Å². The maximum Gasteiger partial charge on any atom is 0.246 e. The van der Waals surface area contributed by atoms with Crippen LogP contribution in [0.5, 0.6) is 0 Å². The van der Waals surface area contributed by atoms with E-state index in [4.69, 9.17) is 15.9 Å². The summed E-state index contributed by atoms with van der Waals surface area (Å²) in [6.07, 6.45) is 5.93. The summed E-state index contributed by atoms with van der Waals surface area (Å²) in [5.41, 5.74) is 8.37. The first kappa shape index (κ1) is 25.1. The normalized spacial score (nSPS) is 17.8. The summed E-state index contributed by atoms with van der Waals surface area (Å²) in [4.78, 5) is 32.0. The third-order valence-corrected chi connectivity index (χ3v) is 5.70. The second-order valence-corrected chi connectivity index (χ2v) is 8.03. The molecule has 2 aliphatic rings. The molecule has 1 atom stereocenters. The second-order valence-electron chi connectivity index (χ2n) is 8.03. The molecule has 4 rings (SSSR count).